The Kier molecular flexibility index (Phi) is 5.63. The number of hydrogen-bond acceptors (Lipinski definition) is 6. The highest BCUT2D eigenvalue weighted by Crippen LogP contribution is 2.33. The van der Waals surface area contributed by atoms with Crippen LogP contribution in [0.3, 0.4) is 0 Å². The summed E-state index contributed by atoms with van der Waals surface area (Å²) >= 11 is 4.91. The topological polar surface area (TPSA) is 73.6 Å². The van der Waals surface area contributed by atoms with Gasteiger partial charge in [0, 0.05) is 18.2 Å². The van der Waals surface area contributed by atoms with Gasteiger partial charge >= 0.3 is 0 Å². The van der Waals surface area contributed by atoms with E-state index in [1.54, 1.807) is 27.2 Å². The van der Waals surface area contributed by atoms with Crippen LogP contribution < -0.4 is 14.8 Å². The molecule has 0 saturated heterocycles. The van der Waals surface area contributed by atoms with E-state index < -0.39 is 0 Å². The van der Waals surface area contributed by atoms with Crippen LogP contribution in [0.5, 0.6) is 11.5 Å². The zero-order chi connectivity index (χ0) is 18.7. The predicted octanol–water partition coefficient (Wildman–Crippen LogP) is 4.42. The number of carbonyl (C=O) groups is 1. The van der Waals surface area contributed by atoms with Gasteiger partial charge in [0.15, 0.2) is 0 Å². The molecule has 0 radical (unpaired) electrons. The number of benzene rings is 1. The molecule has 0 aliphatic carbocycles. The van der Waals surface area contributed by atoms with E-state index in [-0.39, 0.29) is 5.91 Å². The van der Waals surface area contributed by atoms with E-state index >= 15 is 0 Å². The zero-order valence-corrected chi connectivity index (χ0v) is 16.9. The van der Waals surface area contributed by atoms with Crippen LogP contribution in [-0.4, -0.2) is 25.3 Å². The van der Waals surface area contributed by atoms with E-state index in [0.717, 1.165) is 14.2 Å². The molecule has 3 rings (SSSR count). The number of halogens is 1. The van der Waals surface area contributed by atoms with Crippen molar-refractivity contribution in [2.24, 2.45) is 0 Å². The zero-order valence-electron chi connectivity index (χ0n) is 14.5. The number of hydrogen-bond donors (Lipinski definition) is 1. The largest absolute Gasteiger partial charge is 0.497 e. The van der Waals surface area contributed by atoms with Gasteiger partial charge in [-0.2, -0.15) is 0 Å². The molecule has 1 amide bonds. The highest BCUT2D eigenvalue weighted by atomic mass is 79.9. The van der Waals surface area contributed by atoms with Crippen molar-refractivity contribution >= 4 is 33.2 Å². The Labute approximate surface area is 163 Å². The Morgan fingerprint density at radius 3 is 2.73 bits per heavy atom. The fraction of sp³-hybridized carbons (Fsp3) is 0.222. The van der Waals surface area contributed by atoms with Gasteiger partial charge < -0.3 is 19.3 Å². The van der Waals surface area contributed by atoms with Crippen LogP contribution in [0.2, 0.25) is 0 Å². The average molecular weight is 437 g/mol. The van der Waals surface area contributed by atoms with Crippen LogP contribution in [0.4, 0.5) is 0 Å². The molecule has 0 fully saturated rings. The molecule has 136 valence electrons. The summed E-state index contributed by atoms with van der Waals surface area (Å²) in [5.74, 6) is 1.57. The second kappa shape index (κ2) is 7.92. The van der Waals surface area contributed by atoms with Crippen molar-refractivity contribution in [1.29, 1.82) is 0 Å². The summed E-state index contributed by atoms with van der Waals surface area (Å²) in [5.41, 5.74) is 1.82. The molecule has 26 heavy (non-hydrogen) atoms. The minimum atomic E-state index is -0.249. The standard InChI is InChI=1S/C18H17BrN2O4S/c1-10-16(17(21-25-10)14-6-7-15(19)26-14)18(22)20-9-11-4-5-12(23-2)8-13(11)24-3/h4-8H,9H2,1-3H3,(H,20,22). The number of aryl methyl sites for hydroxylation is 1. The maximum absolute atomic E-state index is 12.7. The lowest BCUT2D eigenvalue weighted by Crippen LogP contribution is -2.24. The first-order valence-electron chi connectivity index (χ1n) is 7.74. The number of rotatable bonds is 6. The van der Waals surface area contributed by atoms with Crippen LogP contribution in [0, 0.1) is 6.92 Å². The second-order valence-electron chi connectivity index (χ2n) is 5.43. The molecular formula is C18H17BrN2O4S. The van der Waals surface area contributed by atoms with E-state index in [1.165, 1.54) is 11.3 Å². The maximum Gasteiger partial charge on any atom is 0.257 e. The smallest absolute Gasteiger partial charge is 0.257 e. The first kappa shape index (κ1) is 18.5. The van der Waals surface area contributed by atoms with Gasteiger partial charge in [0.25, 0.3) is 5.91 Å². The van der Waals surface area contributed by atoms with Crippen molar-refractivity contribution in [1.82, 2.24) is 10.5 Å². The third-order valence-corrected chi connectivity index (χ3v) is 5.46. The Hall–Kier alpha value is -2.32. The monoisotopic (exact) mass is 436 g/mol. The quantitative estimate of drug-likeness (QED) is 0.618. The van der Waals surface area contributed by atoms with Gasteiger partial charge in [0.1, 0.15) is 28.5 Å². The third kappa shape index (κ3) is 3.76. The van der Waals surface area contributed by atoms with Crippen molar-refractivity contribution in [3.63, 3.8) is 0 Å². The second-order valence-corrected chi connectivity index (χ2v) is 7.89. The molecule has 8 heteroatoms. The lowest BCUT2D eigenvalue weighted by molar-refractivity contribution is 0.0949. The molecule has 0 bridgehead atoms. The fourth-order valence-electron chi connectivity index (χ4n) is 2.51. The molecule has 3 aromatic rings. The predicted molar refractivity (Wildman–Crippen MR) is 103 cm³/mol. The van der Waals surface area contributed by atoms with Crippen molar-refractivity contribution in [2.45, 2.75) is 13.5 Å². The number of ether oxygens (including phenoxy) is 2. The molecule has 2 heterocycles. The summed E-state index contributed by atoms with van der Waals surface area (Å²) in [6, 6.07) is 9.27. The normalized spacial score (nSPS) is 10.6. The van der Waals surface area contributed by atoms with Gasteiger partial charge in [-0.05, 0) is 47.1 Å². The summed E-state index contributed by atoms with van der Waals surface area (Å²) in [7, 11) is 3.17. The molecule has 0 atom stereocenters. The van der Waals surface area contributed by atoms with Crippen LogP contribution in [-0.2, 0) is 6.54 Å². The number of nitrogens with zero attached hydrogens (tertiary/aromatic N) is 1. The number of methoxy groups -OCH3 is 2. The SMILES string of the molecule is COc1ccc(CNC(=O)c2c(-c3ccc(Br)s3)noc2C)c(OC)c1. The molecule has 0 aliphatic heterocycles. The van der Waals surface area contributed by atoms with E-state index in [4.69, 9.17) is 14.0 Å². The van der Waals surface area contributed by atoms with Crippen molar-refractivity contribution in [3.8, 4) is 22.1 Å². The first-order chi connectivity index (χ1) is 12.5. The maximum atomic E-state index is 12.7. The number of aromatic nitrogens is 1. The summed E-state index contributed by atoms with van der Waals surface area (Å²) < 4.78 is 16.8. The Morgan fingerprint density at radius 2 is 2.08 bits per heavy atom. The summed E-state index contributed by atoms with van der Waals surface area (Å²) in [6.07, 6.45) is 0. The van der Waals surface area contributed by atoms with E-state index in [1.807, 2.05) is 24.3 Å². The molecule has 0 spiro atoms. The highest BCUT2D eigenvalue weighted by molar-refractivity contribution is 9.11. The summed E-state index contributed by atoms with van der Waals surface area (Å²) in [5, 5.41) is 6.95. The van der Waals surface area contributed by atoms with E-state index in [0.29, 0.717) is 35.1 Å². The average Bonchev–Trinajstić information content (AvgIpc) is 3.24. The number of carbonyl (C=O) groups excluding carboxylic acids is 1. The Bertz CT molecular complexity index is 935. The lowest BCUT2D eigenvalue weighted by Gasteiger charge is -2.11. The summed E-state index contributed by atoms with van der Waals surface area (Å²) in [4.78, 5) is 13.6. The first-order valence-corrected chi connectivity index (χ1v) is 9.35. The minimum absolute atomic E-state index is 0.249. The van der Waals surface area contributed by atoms with Crippen LogP contribution in [0.15, 0.2) is 38.6 Å². The number of thiophene rings is 1. The molecule has 0 unspecified atom stereocenters. The molecular weight excluding hydrogens is 420 g/mol. The Morgan fingerprint density at radius 1 is 1.27 bits per heavy atom. The fourth-order valence-corrected chi connectivity index (χ4v) is 3.88. The van der Waals surface area contributed by atoms with Gasteiger partial charge in [-0.15, -0.1) is 11.3 Å². The minimum Gasteiger partial charge on any atom is -0.497 e. The van der Waals surface area contributed by atoms with Gasteiger partial charge in [0.05, 0.1) is 22.9 Å². The van der Waals surface area contributed by atoms with Crippen molar-refractivity contribution < 1.29 is 18.8 Å². The van der Waals surface area contributed by atoms with Gasteiger partial charge in [-0.3, -0.25) is 4.79 Å². The lowest BCUT2D eigenvalue weighted by atomic mass is 10.1. The highest BCUT2D eigenvalue weighted by Gasteiger charge is 2.22. The Balaban J connectivity index is 1.80. The van der Waals surface area contributed by atoms with Crippen LogP contribution in [0.1, 0.15) is 21.7 Å². The molecule has 1 N–H and O–H groups in total. The van der Waals surface area contributed by atoms with E-state index in [2.05, 4.69) is 26.4 Å². The molecule has 0 saturated carbocycles. The molecule has 1 aromatic carbocycles. The third-order valence-electron chi connectivity index (χ3n) is 3.83. The van der Waals surface area contributed by atoms with Crippen molar-refractivity contribution in [2.75, 3.05) is 14.2 Å². The van der Waals surface area contributed by atoms with Crippen LogP contribution in [0.25, 0.3) is 10.6 Å². The molecule has 6 nitrogen and oxygen atoms in total. The van der Waals surface area contributed by atoms with Gasteiger partial charge in [-0.1, -0.05) is 5.16 Å². The van der Waals surface area contributed by atoms with Gasteiger partial charge in [-0.25, -0.2) is 0 Å². The van der Waals surface area contributed by atoms with Crippen LogP contribution >= 0.6 is 27.3 Å². The van der Waals surface area contributed by atoms with E-state index in [9.17, 15) is 4.79 Å². The van der Waals surface area contributed by atoms with Crippen molar-refractivity contribution in [3.05, 3.63) is 51.0 Å². The molecule has 2 aromatic heterocycles. The number of amides is 1. The molecule has 0 aliphatic rings. The summed E-state index contributed by atoms with van der Waals surface area (Å²) in [6.45, 7) is 2.03. The number of nitrogens with one attached hydrogen (secondary N) is 1. The van der Waals surface area contributed by atoms with Gasteiger partial charge in [0.2, 0.25) is 0 Å².